The molecule has 2 N–H and O–H groups in total. The first kappa shape index (κ1) is 10.9. The van der Waals surface area contributed by atoms with E-state index < -0.39 is 17.0 Å². The Morgan fingerprint density at radius 3 is 2.36 bits per heavy atom. The molecule has 1 aromatic carbocycles. The molecule has 1 rings (SSSR count). The zero-order valence-electron chi connectivity index (χ0n) is 8.01. The number of aromatic hydroxyl groups is 1. The SMILES string of the molecule is CC(C)(CO)c1c(O)ccc(F)c1F. The fourth-order valence-electron chi connectivity index (χ4n) is 1.26. The molecule has 0 aliphatic rings. The Hall–Kier alpha value is -1.16. The first-order valence-electron chi connectivity index (χ1n) is 4.18. The summed E-state index contributed by atoms with van der Waals surface area (Å²) in [5.41, 5.74) is -1.20. The van der Waals surface area contributed by atoms with Gasteiger partial charge >= 0.3 is 0 Å². The number of phenols is 1. The van der Waals surface area contributed by atoms with Gasteiger partial charge in [0.15, 0.2) is 11.6 Å². The molecule has 0 spiro atoms. The van der Waals surface area contributed by atoms with E-state index in [1.807, 2.05) is 0 Å². The maximum Gasteiger partial charge on any atom is 0.166 e. The normalized spacial score (nSPS) is 11.8. The molecule has 1 aromatic rings. The van der Waals surface area contributed by atoms with E-state index in [-0.39, 0.29) is 17.9 Å². The highest BCUT2D eigenvalue weighted by atomic mass is 19.2. The molecule has 0 aromatic heterocycles. The van der Waals surface area contributed by atoms with Gasteiger partial charge in [0.2, 0.25) is 0 Å². The topological polar surface area (TPSA) is 40.5 Å². The zero-order chi connectivity index (χ0) is 10.9. The van der Waals surface area contributed by atoms with Crippen LogP contribution in [0.5, 0.6) is 5.75 Å². The largest absolute Gasteiger partial charge is 0.508 e. The highest BCUT2D eigenvalue weighted by molar-refractivity contribution is 5.39. The summed E-state index contributed by atoms with van der Waals surface area (Å²) in [6.07, 6.45) is 0. The van der Waals surface area contributed by atoms with Crippen molar-refractivity contribution < 1.29 is 19.0 Å². The average Bonchev–Trinajstić information content (AvgIpc) is 2.12. The number of phenolic OH excluding ortho intramolecular Hbond substituents is 1. The molecule has 0 atom stereocenters. The fourth-order valence-corrected chi connectivity index (χ4v) is 1.26. The molecule has 0 aliphatic carbocycles. The smallest absolute Gasteiger partial charge is 0.166 e. The lowest BCUT2D eigenvalue weighted by Gasteiger charge is -2.23. The van der Waals surface area contributed by atoms with E-state index in [4.69, 9.17) is 5.11 Å². The van der Waals surface area contributed by atoms with E-state index in [0.717, 1.165) is 12.1 Å². The second-order valence-corrected chi connectivity index (χ2v) is 3.80. The monoisotopic (exact) mass is 202 g/mol. The standard InChI is InChI=1S/C10H12F2O2/c1-10(2,5-13)8-7(14)4-3-6(11)9(8)12/h3-4,13-14H,5H2,1-2H3. The molecule has 0 unspecified atom stereocenters. The Kier molecular flexibility index (Phi) is 2.76. The molecular formula is C10H12F2O2. The van der Waals surface area contributed by atoms with Crippen LogP contribution in [0.25, 0.3) is 0 Å². The van der Waals surface area contributed by atoms with Gasteiger partial charge in [-0.1, -0.05) is 13.8 Å². The van der Waals surface area contributed by atoms with Crippen LogP contribution >= 0.6 is 0 Å². The summed E-state index contributed by atoms with van der Waals surface area (Å²) >= 11 is 0. The second kappa shape index (κ2) is 3.53. The summed E-state index contributed by atoms with van der Waals surface area (Å²) in [6.45, 7) is 2.66. The van der Waals surface area contributed by atoms with Crippen molar-refractivity contribution in [2.45, 2.75) is 19.3 Å². The lowest BCUT2D eigenvalue weighted by Crippen LogP contribution is -2.24. The minimum absolute atomic E-state index is 0.194. The highest BCUT2D eigenvalue weighted by Gasteiger charge is 2.28. The van der Waals surface area contributed by atoms with Gasteiger partial charge in [-0.15, -0.1) is 0 Å². The van der Waals surface area contributed by atoms with Crippen molar-refractivity contribution >= 4 is 0 Å². The third-order valence-corrected chi connectivity index (χ3v) is 2.14. The van der Waals surface area contributed by atoms with Crippen molar-refractivity contribution in [3.05, 3.63) is 29.3 Å². The third-order valence-electron chi connectivity index (χ3n) is 2.14. The zero-order valence-corrected chi connectivity index (χ0v) is 8.01. The Labute approximate surface area is 80.8 Å². The van der Waals surface area contributed by atoms with Crippen molar-refractivity contribution in [3.63, 3.8) is 0 Å². The second-order valence-electron chi connectivity index (χ2n) is 3.80. The van der Waals surface area contributed by atoms with Crippen LogP contribution < -0.4 is 0 Å². The van der Waals surface area contributed by atoms with Gasteiger partial charge in [-0.3, -0.25) is 0 Å². The summed E-state index contributed by atoms with van der Waals surface area (Å²) in [5, 5.41) is 18.4. The lowest BCUT2D eigenvalue weighted by atomic mass is 9.84. The highest BCUT2D eigenvalue weighted by Crippen LogP contribution is 2.33. The molecule has 78 valence electrons. The van der Waals surface area contributed by atoms with Gasteiger partial charge in [0.25, 0.3) is 0 Å². The van der Waals surface area contributed by atoms with E-state index in [1.165, 1.54) is 13.8 Å². The number of hydrogen-bond acceptors (Lipinski definition) is 2. The maximum absolute atomic E-state index is 13.3. The minimum atomic E-state index is -1.11. The molecule has 0 heterocycles. The average molecular weight is 202 g/mol. The molecule has 0 radical (unpaired) electrons. The lowest BCUT2D eigenvalue weighted by molar-refractivity contribution is 0.210. The summed E-state index contributed by atoms with van der Waals surface area (Å²) < 4.78 is 26.2. The van der Waals surface area contributed by atoms with Gasteiger partial charge in [0, 0.05) is 11.0 Å². The number of aliphatic hydroxyl groups excluding tert-OH is 1. The van der Waals surface area contributed by atoms with Gasteiger partial charge < -0.3 is 10.2 Å². The van der Waals surface area contributed by atoms with Crippen molar-refractivity contribution in [2.24, 2.45) is 0 Å². The molecule has 0 fully saturated rings. The minimum Gasteiger partial charge on any atom is -0.508 e. The van der Waals surface area contributed by atoms with Crippen LogP contribution in [0.3, 0.4) is 0 Å². The van der Waals surface area contributed by atoms with Gasteiger partial charge in [0.1, 0.15) is 5.75 Å². The number of halogens is 2. The molecule has 0 amide bonds. The van der Waals surface area contributed by atoms with Gasteiger partial charge in [0.05, 0.1) is 6.61 Å². The van der Waals surface area contributed by atoms with Gasteiger partial charge in [-0.25, -0.2) is 8.78 Å². The van der Waals surface area contributed by atoms with E-state index in [1.54, 1.807) is 0 Å². The van der Waals surface area contributed by atoms with Gasteiger partial charge in [-0.2, -0.15) is 0 Å². The maximum atomic E-state index is 13.3. The number of benzene rings is 1. The van der Waals surface area contributed by atoms with Crippen molar-refractivity contribution in [1.29, 1.82) is 0 Å². The molecule has 0 saturated heterocycles. The van der Waals surface area contributed by atoms with Crippen LogP contribution in [0.4, 0.5) is 8.78 Å². The Morgan fingerprint density at radius 2 is 1.86 bits per heavy atom. The molecule has 4 heteroatoms. The summed E-state index contributed by atoms with van der Waals surface area (Å²) in [7, 11) is 0. The molecule has 14 heavy (non-hydrogen) atoms. The molecule has 0 bridgehead atoms. The van der Waals surface area contributed by atoms with Crippen molar-refractivity contribution in [3.8, 4) is 5.75 Å². The van der Waals surface area contributed by atoms with Crippen LogP contribution in [0, 0.1) is 11.6 Å². The van der Waals surface area contributed by atoms with Crippen LogP contribution in [0.2, 0.25) is 0 Å². The predicted octanol–water partition coefficient (Wildman–Crippen LogP) is 1.94. The van der Waals surface area contributed by atoms with Crippen LogP contribution in [0.1, 0.15) is 19.4 Å². The Morgan fingerprint density at radius 1 is 1.29 bits per heavy atom. The third kappa shape index (κ3) is 1.70. The predicted molar refractivity (Wildman–Crippen MR) is 48.1 cm³/mol. The van der Waals surface area contributed by atoms with E-state index in [9.17, 15) is 13.9 Å². The number of hydrogen-bond donors (Lipinski definition) is 2. The van der Waals surface area contributed by atoms with Crippen molar-refractivity contribution in [1.82, 2.24) is 0 Å². The van der Waals surface area contributed by atoms with E-state index in [2.05, 4.69) is 0 Å². The number of aliphatic hydroxyl groups is 1. The first-order chi connectivity index (χ1) is 6.40. The van der Waals surface area contributed by atoms with E-state index in [0.29, 0.717) is 0 Å². The van der Waals surface area contributed by atoms with Crippen molar-refractivity contribution in [2.75, 3.05) is 6.61 Å². The summed E-state index contributed by atoms with van der Waals surface area (Å²) in [6, 6.07) is 1.92. The summed E-state index contributed by atoms with van der Waals surface area (Å²) in [4.78, 5) is 0. The molecular weight excluding hydrogens is 190 g/mol. The first-order valence-corrected chi connectivity index (χ1v) is 4.18. The molecule has 0 aliphatic heterocycles. The molecule has 0 saturated carbocycles. The van der Waals surface area contributed by atoms with Crippen LogP contribution in [-0.4, -0.2) is 16.8 Å². The van der Waals surface area contributed by atoms with Crippen LogP contribution in [0.15, 0.2) is 12.1 Å². The van der Waals surface area contributed by atoms with Crippen LogP contribution in [-0.2, 0) is 5.41 Å². The Balaban J connectivity index is 3.40. The van der Waals surface area contributed by atoms with Gasteiger partial charge in [-0.05, 0) is 12.1 Å². The fraction of sp³-hybridized carbons (Fsp3) is 0.400. The Bertz CT molecular complexity index is 348. The summed E-state index contributed by atoms with van der Waals surface area (Å²) in [5.74, 6) is -2.48. The number of rotatable bonds is 2. The molecule has 2 nitrogen and oxygen atoms in total. The quantitative estimate of drug-likeness (QED) is 0.769. The van der Waals surface area contributed by atoms with E-state index >= 15 is 0 Å².